The van der Waals surface area contributed by atoms with Crippen LogP contribution in [0.2, 0.25) is 5.15 Å². The van der Waals surface area contributed by atoms with Gasteiger partial charge in [-0.15, -0.1) is 0 Å². The van der Waals surface area contributed by atoms with Crippen molar-refractivity contribution in [3.63, 3.8) is 0 Å². The highest BCUT2D eigenvalue weighted by atomic mass is 35.5. The summed E-state index contributed by atoms with van der Waals surface area (Å²) in [7, 11) is 0. The van der Waals surface area contributed by atoms with Gasteiger partial charge in [-0.1, -0.05) is 25.4 Å². The van der Waals surface area contributed by atoms with E-state index in [-0.39, 0.29) is 5.15 Å². The molecule has 0 aromatic carbocycles. The Morgan fingerprint density at radius 2 is 2.06 bits per heavy atom. The van der Waals surface area contributed by atoms with Gasteiger partial charge < -0.3 is 5.32 Å². The first kappa shape index (κ1) is 13.3. The Hall–Kier alpha value is -1.16. The molecular weight excluding hydrogens is 250 g/mol. The van der Waals surface area contributed by atoms with Gasteiger partial charge >= 0.3 is 0 Å². The average Bonchev–Trinajstić information content (AvgIpc) is 2.60. The zero-order valence-electron chi connectivity index (χ0n) is 10.9. The number of nitrogens with one attached hydrogen (secondary N) is 1. The molecule has 1 aromatic heterocycles. The first-order valence-corrected chi connectivity index (χ1v) is 6.66. The Morgan fingerprint density at radius 1 is 1.33 bits per heavy atom. The Bertz CT molecular complexity index is 464. The molecule has 3 atom stereocenters. The number of hydrogen-bond acceptors (Lipinski definition) is 4. The highest BCUT2D eigenvalue weighted by molar-refractivity contribution is 6.32. The van der Waals surface area contributed by atoms with Gasteiger partial charge in [0.25, 0.3) is 0 Å². The maximum absolute atomic E-state index is 11.1. The van der Waals surface area contributed by atoms with E-state index in [2.05, 4.69) is 29.1 Å². The summed E-state index contributed by atoms with van der Waals surface area (Å²) in [5, 5.41) is 3.58. The molecule has 0 radical (unpaired) electrons. The van der Waals surface area contributed by atoms with E-state index < -0.39 is 0 Å². The standard InChI is InChI=1S/C13H18ClN3O/c1-7-4-5-11(8(7)2)17-13-10(6-18)12(14)15-9(3)16-13/h6-8,11H,4-5H2,1-3H3,(H,15,16,17). The number of aldehydes is 1. The topological polar surface area (TPSA) is 54.9 Å². The molecule has 98 valence electrons. The van der Waals surface area contributed by atoms with E-state index in [1.165, 1.54) is 6.42 Å². The minimum atomic E-state index is 0.221. The molecule has 0 aliphatic heterocycles. The van der Waals surface area contributed by atoms with E-state index in [0.717, 1.165) is 6.42 Å². The quantitative estimate of drug-likeness (QED) is 0.675. The third kappa shape index (κ3) is 2.48. The number of hydrogen-bond donors (Lipinski definition) is 1. The van der Waals surface area contributed by atoms with E-state index in [4.69, 9.17) is 11.6 Å². The molecule has 5 heteroatoms. The Balaban J connectivity index is 2.26. The van der Waals surface area contributed by atoms with Gasteiger partial charge in [0.15, 0.2) is 6.29 Å². The summed E-state index contributed by atoms with van der Waals surface area (Å²) < 4.78 is 0. The van der Waals surface area contributed by atoms with Gasteiger partial charge in [0.2, 0.25) is 0 Å². The van der Waals surface area contributed by atoms with Gasteiger partial charge in [-0.2, -0.15) is 0 Å². The molecule has 2 rings (SSSR count). The Labute approximate surface area is 112 Å². The monoisotopic (exact) mass is 267 g/mol. The van der Waals surface area contributed by atoms with Crippen molar-refractivity contribution in [2.75, 3.05) is 5.32 Å². The fourth-order valence-corrected chi connectivity index (χ4v) is 2.76. The van der Waals surface area contributed by atoms with Gasteiger partial charge in [0.1, 0.15) is 16.8 Å². The van der Waals surface area contributed by atoms with Crippen LogP contribution in [0.5, 0.6) is 0 Å². The smallest absolute Gasteiger partial charge is 0.156 e. The molecule has 0 amide bonds. The molecule has 0 saturated heterocycles. The lowest BCUT2D eigenvalue weighted by molar-refractivity contribution is 0.112. The van der Waals surface area contributed by atoms with E-state index in [1.807, 2.05) is 0 Å². The molecule has 1 fully saturated rings. The second-order valence-electron chi connectivity index (χ2n) is 5.11. The van der Waals surface area contributed by atoms with Crippen LogP contribution in [-0.4, -0.2) is 22.3 Å². The summed E-state index contributed by atoms with van der Waals surface area (Å²) in [6.07, 6.45) is 3.02. The fourth-order valence-electron chi connectivity index (χ4n) is 2.51. The zero-order valence-corrected chi connectivity index (χ0v) is 11.7. The SMILES string of the molecule is Cc1nc(Cl)c(C=O)c(NC2CCC(C)C2C)n1. The lowest BCUT2D eigenvalue weighted by atomic mass is 9.98. The maximum Gasteiger partial charge on any atom is 0.156 e. The van der Waals surface area contributed by atoms with Crippen molar-refractivity contribution in [1.29, 1.82) is 0 Å². The number of aromatic nitrogens is 2. The van der Waals surface area contributed by atoms with Crippen LogP contribution in [0.3, 0.4) is 0 Å². The van der Waals surface area contributed by atoms with Crippen molar-refractivity contribution in [3.05, 3.63) is 16.5 Å². The van der Waals surface area contributed by atoms with Crippen molar-refractivity contribution in [1.82, 2.24) is 9.97 Å². The van der Waals surface area contributed by atoms with Gasteiger partial charge in [-0.05, 0) is 31.6 Å². The fraction of sp³-hybridized carbons (Fsp3) is 0.615. The van der Waals surface area contributed by atoms with E-state index in [9.17, 15) is 4.79 Å². The third-order valence-electron chi connectivity index (χ3n) is 3.92. The highest BCUT2D eigenvalue weighted by Gasteiger charge is 2.30. The molecule has 1 aliphatic carbocycles. The van der Waals surface area contributed by atoms with Crippen LogP contribution in [0.25, 0.3) is 0 Å². The number of carbonyl (C=O) groups excluding carboxylic acids is 1. The predicted octanol–water partition coefficient (Wildman–Crippen LogP) is 3.10. The molecule has 1 aromatic rings. The summed E-state index contributed by atoms with van der Waals surface area (Å²) in [5.74, 6) is 2.40. The summed E-state index contributed by atoms with van der Waals surface area (Å²) >= 11 is 5.96. The average molecular weight is 268 g/mol. The van der Waals surface area contributed by atoms with Crippen molar-refractivity contribution in [3.8, 4) is 0 Å². The first-order chi connectivity index (χ1) is 8.52. The zero-order chi connectivity index (χ0) is 13.3. The van der Waals surface area contributed by atoms with Gasteiger partial charge in [0, 0.05) is 6.04 Å². The number of aryl methyl sites for hydroxylation is 1. The number of anilines is 1. The lowest BCUT2D eigenvalue weighted by Gasteiger charge is -2.21. The minimum absolute atomic E-state index is 0.221. The molecule has 1 aliphatic rings. The molecule has 1 N–H and O–H groups in total. The number of carbonyl (C=O) groups is 1. The molecule has 0 bridgehead atoms. The molecule has 3 unspecified atom stereocenters. The van der Waals surface area contributed by atoms with E-state index in [1.54, 1.807) is 6.92 Å². The summed E-state index contributed by atoms with van der Waals surface area (Å²) in [4.78, 5) is 19.4. The van der Waals surface area contributed by atoms with Crippen LogP contribution in [0.15, 0.2) is 0 Å². The van der Waals surface area contributed by atoms with Crippen molar-refractivity contribution < 1.29 is 4.79 Å². The summed E-state index contributed by atoms with van der Waals surface area (Å²) in [6.45, 7) is 6.25. The van der Waals surface area contributed by atoms with E-state index >= 15 is 0 Å². The maximum atomic E-state index is 11.1. The largest absolute Gasteiger partial charge is 0.366 e. The molecule has 18 heavy (non-hydrogen) atoms. The third-order valence-corrected chi connectivity index (χ3v) is 4.20. The van der Waals surface area contributed by atoms with Crippen molar-refractivity contribution >= 4 is 23.7 Å². The Morgan fingerprint density at radius 3 is 2.61 bits per heavy atom. The van der Waals surface area contributed by atoms with Crippen LogP contribution >= 0.6 is 11.6 Å². The second kappa shape index (κ2) is 5.22. The van der Waals surface area contributed by atoms with Crippen LogP contribution in [0.4, 0.5) is 5.82 Å². The van der Waals surface area contributed by atoms with Crippen molar-refractivity contribution in [2.45, 2.75) is 39.7 Å². The van der Waals surface area contributed by atoms with Crippen LogP contribution in [-0.2, 0) is 0 Å². The van der Waals surface area contributed by atoms with Gasteiger partial charge in [-0.25, -0.2) is 9.97 Å². The molecular formula is C13H18ClN3O. The lowest BCUT2D eigenvalue weighted by Crippen LogP contribution is -2.25. The second-order valence-corrected chi connectivity index (χ2v) is 5.46. The molecule has 1 saturated carbocycles. The van der Waals surface area contributed by atoms with Gasteiger partial charge in [0.05, 0.1) is 5.56 Å². The normalized spacial score (nSPS) is 27.2. The molecule has 0 spiro atoms. The first-order valence-electron chi connectivity index (χ1n) is 6.28. The Kier molecular flexibility index (Phi) is 3.85. The van der Waals surface area contributed by atoms with Gasteiger partial charge in [-0.3, -0.25) is 4.79 Å². The van der Waals surface area contributed by atoms with E-state index in [0.29, 0.717) is 41.4 Å². The molecule has 4 nitrogen and oxygen atoms in total. The van der Waals surface area contributed by atoms with Crippen LogP contribution in [0, 0.1) is 18.8 Å². The van der Waals surface area contributed by atoms with Crippen LogP contribution < -0.4 is 5.32 Å². The molecule has 1 heterocycles. The predicted molar refractivity (Wildman–Crippen MR) is 72.1 cm³/mol. The highest BCUT2D eigenvalue weighted by Crippen LogP contribution is 2.33. The summed E-state index contributed by atoms with van der Waals surface area (Å²) in [5.41, 5.74) is 0.356. The van der Waals surface area contributed by atoms with Crippen LogP contribution in [0.1, 0.15) is 42.9 Å². The summed E-state index contributed by atoms with van der Waals surface area (Å²) in [6, 6.07) is 0.351. The minimum Gasteiger partial charge on any atom is -0.366 e. The number of rotatable bonds is 3. The number of nitrogens with zero attached hydrogens (tertiary/aromatic N) is 2. The number of halogens is 1. The van der Waals surface area contributed by atoms with Crippen molar-refractivity contribution in [2.24, 2.45) is 11.8 Å².